The standard InChI is InChI=1S/C27H27ClF3N7O/c1-15-3-5-18(35-26(39)17-4-6-21(28)20(11-17)27(29,30)31)12-19(15)23-22-24(32)33-14-34-25(22)38(36-23)13-16-7-9-37(2)10-8-16/h3-6,11-12,14,16H,7-10,13H2,1-2H3,(H,35,39)(H2,32,33,34). The molecule has 0 aliphatic carbocycles. The van der Waals surface area contributed by atoms with E-state index in [1.807, 2.05) is 11.6 Å². The summed E-state index contributed by atoms with van der Waals surface area (Å²) in [6.45, 7) is 4.63. The number of carbonyl (C=O) groups is 1. The number of nitrogen functional groups attached to an aromatic ring is 1. The Balaban J connectivity index is 1.48. The van der Waals surface area contributed by atoms with Gasteiger partial charge in [-0.3, -0.25) is 4.79 Å². The summed E-state index contributed by atoms with van der Waals surface area (Å²) in [5.41, 5.74) is 8.21. The van der Waals surface area contributed by atoms with E-state index < -0.39 is 22.7 Å². The summed E-state index contributed by atoms with van der Waals surface area (Å²) in [5.74, 6) is 0.0350. The third kappa shape index (κ3) is 5.55. The molecule has 1 aliphatic heterocycles. The van der Waals surface area contributed by atoms with Gasteiger partial charge in [0.15, 0.2) is 5.65 Å². The zero-order valence-electron chi connectivity index (χ0n) is 21.4. The minimum atomic E-state index is -4.68. The highest BCUT2D eigenvalue weighted by molar-refractivity contribution is 6.31. The molecule has 1 fully saturated rings. The molecule has 3 N–H and O–H groups in total. The first-order valence-corrected chi connectivity index (χ1v) is 12.8. The Morgan fingerprint density at radius 2 is 1.90 bits per heavy atom. The second kappa shape index (κ2) is 10.5. The fourth-order valence-corrected chi connectivity index (χ4v) is 5.10. The Bertz CT molecular complexity index is 1540. The molecule has 8 nitrogen and oxygen atoms in total. The van der Waals surface area contributed by atoms with Crippen LogP contribution in [0.3, 0.4) is 0 Å². The number of nitrogens with two attached hydrogens (primary N) is 1. The van der Waals surface area contributed by atoms with Crippen LogP contribution < -0.4 is 11.1 Å². The number of alkyl halides is 3. The van der Waals surface area contributed by atoms with Crippen molar-refractivity contribution in [2.24, 2.45) is 5.92 Å². The number of nitrogens with zero attached hydrogens (tertiary/aromatic N) is 5. The van der Waals surface area contributed by atoms with E-state index in [4.69, 9.17) is 22.4 Å². The molecule has 3 heterocycles. The minimum absolute atomic E-state index is 0.167. The van der Waals surface area contributed by atoms with Gasteiger partial charge in [0.2, 0.25) is 0 Å². The molecule has 1 amide bonds. The summed E-state index contributed by atoms with van der Waals surface area (Å²) in [6.07, 6.45) is -1.16. The van der Waals surface area contributed by atoms with Crippen LogP contribution in [0.25, 0.3) is 22.3 Å². The first-order valence-electron chi connectivity index (χ1n) is 12.5. The quantitative estimate of drug-likeness (QED) is 0.329. The number of likely N-dealkylation sites (tertiary alicyclic amines) is 1. The van der Waals surface area contributed by atoms with E-state index >= 15 is 0 Å². The molecule has 1 saturated heterocycles. The number of halogens is 4. The van der Waals surface area contributed by atoms with E-state index in [2.05, 4.69) is 27.2 Å². The van der Waals surface area contributed by atoms with E-state index in [0.29, 0.717) is 46.3 Å². The molecule has 1 aliphatic rings. The van der Waals surface area contributed by atoms with Gasteiger partial charge in [-0.2, -0.15) is 18.3 Å². The first kappa shape index (κ1) is 26.9. The Morgan fingerprint density at radius 3 is 2.62 bits per heavy atom. The molecule has 4 aromatic rings. The molecule has 0 radical (unpaired) electrons. The molecule has 12 heteroatoms. The van der Waals surface area contributed by atoms with Crippen LogP contribution in [0.5, 0.6) is 0 Å². The number of fused-ring (bicyclic) bond motifs is 1. The maximum absolute atomic E-state index is 13.3. The minimum Gasteiger partial charge on any atom is -0.383 e. The van der Waals surface area contributed by atoms with Gasteiger partial charge in [0.25, 0.3) is 5.91 Å². The van der Waals surface area contributed by atoms with Crippen molar-refractivity contribution in [3.63, 3.8) is 0 Å². The molecular weight excluding hydrogens is 531 g/mol. The third-order valence-electron chi connectivity index (χ3n) is 7.11. The smallest absolute Gasteiger partial charge is 0.383 e. The van der Waals surface area contributed by atoms with Crippen LogP contribution in [0.2, 0.25) is 5.02 Å². The number of aromatic nitrogens is 4. The molecule has 39 heavy (non-hydrogen) atoms. The van der Waals surface area contributed by atoms with Crippen LogP contribution in [0.1, 0.15) is 34.3 Å². The van der Waals surface area contributed by atoms with Crippen LogP contribution in [-0.2, 0) is 12.7 Å². The molecule has 2 aromatic carbocycles. The molecule has 0 unspecified atom stereocenters. The van der Waals surface area contributed by atoms with Gasteiger partial charge in [0.05, 0.1) is 16.0 Å². The highest BCUT2D eigenvalue weighted by atomic mass is 35.5. The Labute approximate surface area is 228 Å². The lowest BCUT2D eigenvalue weighted by molar-refractivity contribution is -0.137. The largest absolute Gasteiger partial charge is 0.417 e. The van der Waals surface area contributed by atoms with Crippen LogP contribution in [0, 0.1) is 12.8 Å². The van der Waals surface area contributed by atoms with Gasteiger partial charge in [-0.1, -0.05) is 17.7 Å². The van der Waals surface area contributed by atoms with E-state index in [1.54, 1.807) is 18.2 Å². The summed E-state index contributed by atoms with van der Waals surface area (Å²) < 4.78 is 41.7. The lowest BCUT2D eigenvalue weighted by Crippen LogP contribution is -2.32. The number of rotatable bonds is 5. The fourth-order valence-electron chi connectivity index (χ4n) is 4.88. The number of benzene rings is 2. The van der Waals surface area contributed by atoms with E-state index in [-0.39, 0.29) is 5.56 Å². The summed E-state index contributed by atoms with van der Waals surface area (Å²) in [7, 11) is 2.11. The lowest BCUT2D eigenvalue weighted by atomic mass is 9.97. The second-order valence-electron chi connectivity index (χ2n) is 9.91. The second-order valence-corrected chi connectivity index (χ2v) is 10.3. The van der Waals surface area contributed by atoms with Gasteiger partial charge < -0.3 is 16.0 Å². The average molecular weight is 558 g/mol. The molecule has 2 aromatic heterocycles. The summed E-state index contributed by atoms with van der Waals surface area (Å²) >= 11 is 5.70. The van der Waals surface area contributed by atoms with Crippen LogP contribution in [0.4, 0.5) is 24.7 Å². The van der Waals surface area contributed by atoms with E-state index in [1.165, 1.54) is 12.4 Å². The highest BCUT2D eigenvalue weighted by Crippen LogP contribution is 2.36. The van der Waals surface area contributed by atoms with Crippen molar-refractivity contribution in [3.05, 3.63) is 64.4 Å². The molecule has 0 saturated carbocycles. The van der Waals surface area contributed by atoms with Crippen molar-refractivity contribution in [2.75, 3.05) is 31.2 Å². The predicted molar refractivity (Wildman–Crippen MR) is 145 cm³/mol. The van der Waals surface area contributed by atoms with Crippen molar-refractivity contribution in [1.29, 1.82) is 0 Å². The van der Waals surface area contributed by atoms with Crippen molar-refractivity contribution >= 4 is 40.0 Å². The number of hydrogen-bond donors (Lipinski definition) is 2. The van der Waals surface area contributed by atoms with Crippen molar-refractivity contribution < 1.29 is 18.0 Å². The number of aryl methyl sites for hydroxylation is 1. The molecule has 204 valence electrons. The number of nitrogens with one attached hydrogen (secondary N) is 1. The number of piperidine rings is 1. The number of anilines is 2. The van der Waals surface area contributed by atoms with Gasteiger partial charge in [0.1, 0.15) is 17.8 Å². The van der Waals surface area contributed by atoms with E-state index in [0.717, 1.165) is 43.6 Å². The van der Waals surface area contributed by atoms with Gasteiger partial charge in [-0.05, 0) is 81.7 Å². The monoisotopic (exact) mass is 557 g/mol. The van der Waals surface area contributed by atoms with Crippen molar-refractivity contribution in [3.8, 4) is 11.3 Å². The SMILES string of the molecule is Cc1ccc(NC(=O)c2ccc(Cl)c(C(F)(F)F)c2)cc1-c1nn(CC2CCN(C)CC2)c2ncnc(N)c12. The fraction of sp³-hybridized carbons (Fsp3) is 0.333. The summed E-state index contributed by atoms with van der Waals surface area (Å²) in [4.78, 5) is 23.8. The molecule has 5 rings (SSSR count). The topological polar surface area (TPSA) is 102 Å². The van der Waals surface area contributed by atoms with Crippen molar-refractivity contribution in [2.45, 2.75) is 32.5 Å². The third-order valence-corrected chi connectivity index (χ3v) is 7.44. The lowest BCUT2D eigenvalue weighted by Gasteiger charge is -2.28. The highest BCUT2D eigenvalue weighted by Gasteiger charge is 2.34. The predicted octanol–water partition coefficient (Wildman–Crippen LogP) is 5.65. The zero-order valence-corrected chi connectivity index (χ0v) is 22.1. The molecule has 0 spiro atoms. The van der Waals surface area contributed by atoms with Gasteiger partial charge in [0, 0.05) is 23.4 Å². The Morgan fingerprint density at radius 1 is 1.15 bits per heavy atom. The van der Waals surface area contributed by atoms with Gasteiger partial charge in [-0.25, -0.2) is 14.6 Å². The van der Waals surface area contributed by atoms with Crippen LogP contribution in [0.15, 0.2) is 42.7 Å². The van der Waals surface area contributed by atoms with Crippen LogP contribution in [-0.4, -0.2) is 50.7 Å². The molecule has 0 atom stereocenters. The zero-order chi connectivity index (χ0) is 27.9. The maximum atomic E-state index is 13.3. The number of hydrogen-bond acceptors (Lipinski definition) is 6. The van der Waals surface area contributed by atoms with Gasteiger partial charge >= 0.3 is 6.18 Å². The van der Waals surface area contributed by atoms with Crippen LogP contribution >= 0.6 is 11.6 Å². The van der Waals surface area contributed by atoms with Crippen molar-refractivity contribution in [1.82, 2.24) is 24.6 Å². The maximum Gasteiger partial charge on any atom is 0.417 e. The summed E-state index contributed by atoms with van der Waals surface area (Å²) in [5, 5.41) is 7.71. The summed E-state index contributed by atoms with van der Waals surface area (Å²) in [6, 6.07) is 8.25. The van der Waals surface area contributed by atoms with Gasteiger partial charge in [-0.15, -0.1) is 0 Å². The first-order chi connectivity index (χ1) is 18.5. The normalized spacial score (nSPS) is 15.1. The molecule has 0 bridgehead atoms. The Kier molecular flexibility index (Phi) is 7.21. The number of amides is 1. The van der Waals surface area contributed by atoms with E-state index in [9.17, 15) is 18.0 Å². The average Bonchev–Trinajstić information content (AvgIpc) is 3.25. The number of carbonyl (C=O) groups excluding carboxylic acids is 1. The Hall–Kier alpha value is -3.70. The molecular formula is C27H27ClF3N7O.